The molecule has 0 fully saturated rings. The largest absolute Gasteiger partial charge is 0.450 e. The van der Waals surface area contributed by atoms with E-state index < -0.39 is 17.5 Å². The highest BCUT2D eigenvalue weighted by Gasteiger charge is 2.39. The number of esters is 2. The Kier molecular flexibility index (Phi) is 14.5. The van der Waals surface area contributed by atoms with Crippen molar-refractivity contribution in [1.82, 2.24) is 0 Å². The van der Waals surface area contributed by atoms with Gasteiger partial charge in [0, 0.05) is 0 Å². The van der Waals surface area contributed by atoms with Crippen LogP contribution in [0.4, 0.5) is 0 Å². The van der Waals surface area contributed by atoms with E-state index in [-0.39, 0.29) is 11.9 Å². The van der Waals surface area contributed by atoms with Crippen molar-refractivity contribution in [3.63, 3.8) is 0 Å². The van der Waals surface area contributed by atoms with E-state index in [1.165, 1.54) is 32.1 Å². The van der Waals surface area contributed by atoms with Crippen molar-refractivity contribution in [3.8, 4) is 0 Å². The summed E-state index contributed by atoms with van der Waals surface area (Å²) in [6, 6.07) is 0. The van der Waals surface area contributed by atoms with Crippen molar-refractivity contribution in [2.75, 3.05) is 0 Å². The quantitative estimate of drug-likeness (QED) is 0.119. The van der Waals surface area contributed by atoms with Gasteiger partial charge in [-0.1, -0.05) is 77.9 Å². The zero-order valence-electron chi connectivity index (χ0n) is 18.6. The predicted molar refractivity (Wildman–Crippen MR) is 116 cm³/mol. The van der Waals surface area contributed by atoms with Gasteiger partial charge in [0.25, 0.3) is 0 Å². The summed E-state index contributed by atoms with van der Waals surface area (Å²) in [6.07, 6.45) is 13.4. The number of hydrogen-bond donors (Lipinski definition) is 0. The molecule has 2 unspecified atom stereocenters. The highest BCUT2D eigenvalue weighted by Crippen LogP contribution is 2.34. The average molecular weight is 395 g/mol. The monoisotopic (exact) mass is 394 g/mol. The minimum atomic E-state index is -0.869. The predicted octanol–water partition coefficient (Wildman–Crippen LogP) is 6.74. The van der Waals surface area contributed by atoms with Crippen LogP contribution in [-0.4, -0.2) is 18.0 Å². The molecule has 28 heavy (non-hydrogen) atoms. The van der Waals surface area contributed by atoms with Gasteiger partial charge in [-0.25, -0.2) is 4.79 Å². The molecule has 0 heterocycles. The van der Waals surface area contributed by atoms with Crippen LogP contribution in [0, 0.1) is 11.3 Å². The molecule has 0 N–H and O–H groups in total. The number of carbonyl (C=O) groups is 2. The van der Waals surface area contributed by atoms with Crippen LogP contribution >= 0.6 is 0 Å². The maximum Gasteiger partial charge on any atom is 0.352 e. The number of unbranched alkanes of at least 4 members (excludes halogenated alkanes) is 7. The zero-order chi connectivity index (χ0) is 21.4. The lowest BCUT2D eigenvalue weighted by Crippen LogP contribution is -2.39. The van der Waals surface area contributed by atoms with Crippen LogP contribution < -0.4 is 0 Å². The molecule has 0 saturated heterocycles. The Morgan fingerprint density at radius 1 is 0.964 bits per heavy atom. The van der Waals surface area contributed by atoms with Crippen molar-refractivity contribution in [2.24, 2.45) is 11.3 Å². The summed E-state index contributed by atoms with van der Waals surface area (Å²) in [5.41, 5.74) is -0.686. The molecule has 0 saturated carbocycles. The third kappa shape index (κ3) is 10.1. The Labute approximate surface area is 172 Å². The van der Waals surface area contributed by atoms with E-state index in [0.717, 1.165) is 38.4 Å². The van der Waals surface area contributed by atoms with Gasteiger partial charge in [-0.15, -0.1) is 6.58 Å². The first-order chi connectivity index (χ1) is 13.3. The maximum atomic E-state index is 12.8. The second-order valence-corrected chi connectivity index (χ2v) is 8.11. The van der Waals surface area contributed by atoms with Crippen LogP contribution in [0.3, 0.4) is 0 Å². The number of carbonyl (C=O) groups excluding carboxylic acids is 2. The van der Waals surface area contributed by atoms with Crippen LogP contribution in [0.15, 0.2) is 25.5 Å². The first kappa shape index (κ1) is 26.4. The number of ether oxygens (including phenoxy) is 2. The van der Waals surface area contributed by atoms with Crippen molar-refractivity contribution in [3.05, 3.63) is 25.5 Å². The number of allylic oxidation sites excluding steroid dienone is 1. The fourth-order valence-electron chi connectivity index (χ4n) is 3.47. The summed E-state index contributed by atoms with van der Waals surface area (Å²) >= 11 is 0. The van der Waals surface area contributed by atoms with E-state index in [9.17, 15) is 9.59 Å². The first-order valence-electron chi connectivity index (χ1n) is 11.0. The van der Waals surface area contributed by atoms with Crippen LogP contribution in [0.5, 0.6) is 0 Å². The fraction of sp³-hybridized carbons (Fsp3) is 0.750. The Bertz CT molecular complexity index is 467. The van der Waals surface area contributed by atoms with Crippen molar-refractivity contribution in [2.45, 2.75) is 104 Å². The third-order valence-electron chi connectivity index (χ3n) is 5.52. The molecule has 0 aromatic heterocycles. The lowest BCUT2D eigenvalue weighted by atomic mass is 9.75. The van der Waals surface area contributed by atoms with Gasteiger partial charge in [-0.2, -0.15) is 0 Å². The third-order valence-corrected chi connectivity index (χ3v) is 5.52. The smallest absolute Gasteiger partial charge is 0.352 e. The van der Waals surface area contributed by atoms with Gasteiger partial charge in [0.05, 0.1) is 11.7 Å². The second-order valence-electron chi connectivity index (χ2n) is 8.11. The first-order valence-corrected chi connectivity index (χ1v) is 11.0. The fourth-order valence-corrected chi connectivity index (χ4v) is 3.47. The molecular formula is C24H42O4. The van der Waals surface area contributed by atoms with E-state index in [0.29, 0.717) is 6.42 Å². The van der Waals surface area contributed by atoms with E-state index in [2.05, 4.69) is 20.1 Å². The summed E-state index contributed by atoms with van der Waals surface area (Å²) in [5, 5.41) is 0. The Hall–Kier alpha value is -1.58. The van der Waals surface area contributed by atoms with Crippen LogP contribution in [0.2, 0.25) is 0 Å². The summed E-state index contributed by atoms with van der Waals surface area (Å²) in [7, 11) is 0. The Morgan fingerprint density at radius 2 is 1.54 bits per heavy atom. The molecular weight excluding hydrogens is 352 g/mol. The van der Waals surface area contributed by atoms with Crippen LogP contribution in [0.25, 0.3) is 0 Å². The Morgan fingerprint density at radius 3 is 2.04 bits per heavy atom. The summed E-state index contributed by atoms with van der Waals surface area (Å²) in [5.74, 6) is -0.776. The summed E-state index contributed by atoms with van der Waals surface area (Å²) < 4.78 is 10.5. The number of hydrogen-bond acceptors (Lipinski definition) is 4. The van der Waals surface area contributed by atoms with Gasteiger partial charge in [0.2, 0.25) is 0 Å². The standard InChI is InChI=1S/C24H42O4/c1-7-11-12-13-14-15-16-17-19-21(22(25)27-10-4)28-23(26)24(5,6)20(9-3)18-8-2/h8,10,20-21H,2,4,7,9,11-19H2,1,3,5-6H3. The lowest BCUT2D eigenvalue weighted by molar-refractivity contribution is -0.173. The van der Waals surface area contributed by atoms with Gasteiger partial charge in [-0.3, -0.25) is 4.79 Å². The van der Waals surface area contributed by atoms with Crippen LogP contribution in [0.1, 0.15) is 98.3 Å². The van der Waals surface area contributed by atoms with E-state index >= 15 is 0 Å². The highest BCUT2D eigenvalue weighted by atomic mass is 16.6. The van der Waals surface area contributed by atoms with Gasteiger partial charge in [0.15, 0.2) is 6.10 Å². The molecule has 0 aliphatic rings. The normalized spacial score (nSPS) is 13.4. The SMILES string of the molecule is C=CCC(CC)C(C)(C)C(=O)OC(CCCCCCCCCC)C(=O)OC=C. The molecule has 4 nitrogen and oxygen atoms in total. The van der Waals surface area contributed by atoms with Crippen molar-refractivity contribution < 1.29 is 19.1 Å². The lowest BCUT2D eigenvalue weighted by Gasteiger charge is -2.32. The molecule has 0 aromatic rings. The van der Waals surface area contributed by atoms with Crippen molar-refractivity contribution >= 4 is 11.9 Å². The molecule has 2 atom stereocenters. The molecule has 0 bridgehead atoms. The van der Waals surface area contributed by atoms with Gasteiger partial charge >= 0.3 is 11.9 Å². The second kappa shape index (κ2) is 15.4. The minimum absolute atomic E-state index is 0.122. The molecule has 0 aliphatic carbocycles. The Balaban J connectivity index is 4.67. The summed E-state index contributed by atoms with van der Waals surface area (Å²) in [6.45, 7) is 15.2. The van der Waals surface area contributed by atoms with Gasteiger partial charge in [0.1, 0.15) is 0 Å². The maximum absolute atomic E-state index is 12.8. The topological polar surface area (TPSA) is 52.6 Å². The van der Waals surface area contributed by atoms with Crippen LogP contribution in [-0.2, 0) is 19.1 Å². The molecule has 0 radical (unpaired) electrons. The number of rotatable bonds is 17. The molecule has 0 aromatic carbocycles. The molecule has 162 valence electrons. The van der Waals surface area contributed by atoms with Crippen molar-refractivity contribution in [1.29, 1.82) is 0 Å². The highest BCUT2D eigenvalue weighted by molar-refractivity contribution is 5.82. The molecule has 4 heteroatoms. The summed E-state index contributed by atoms with van der Waals surface area (Å²) in [4.78, 5) is 25.0. The minimum Gasteiger partial charge on any atom is -0.450 e. The van der Waals surface area contributed by atoms with Gasteiger partial charge in [-0.05, 0) is 39.0 Å². The molecule has 0 spiro atoms. The van der Waals surface area contributed by atoms with E-state index in [1.54, 1.807) is 0 Å². The molecule has 0 aliphatic heterocycles. The molecule has 0 amide bonds. The van der Waals surface area contributed by atoms with Gasteiger partial charge < -0.3 is 9.47 Å². The van der Waals surface area contributed by atoms with E-state index in [4.69, 9.17) is 9.47 Å². The molecule has 0 rings (SSSR count). The van der Waals surface area contributed by atoms with E-state index in [1.807, 2.05) is 26.8 Å². The average Bonchev–Trinajstić information content (AvgIpc) is 2.66. The zero-order valence-corrected chi connectivity index (χ0v) is 18.6.